The second kappa shape index (κ2) is 6.52. The number of benzene rings is 1. The molecule has 1 aromatic rings. The Kier molecular flexibility index (Phi) is 4.91. The fourth-order valence-electron chi connectivity index (χ4n) is 3.65. The molecule has 1 fully saturated rings. The predicted molar refractivity (Wildman–Crippen MR) is 104 cm³/mol. The van der Waals surface area contributed by atoms with E-state index in [1.54, 1.807) is 0 Å². The number of carbonyl (C=O) groups excluding carboxylic acids is 1. The first-order valence-electron chi connectivity index (χ1n) is 8.43. The third-order valence-corrected chi connectivity index (χ3v) is 6.47. The largest absolute Gasteiger partial charge is 0.444 e. The smallest absolute Gasteiger partial charge is 0.410 e. The molecule has 0 bridgehead atoms. The highest BCUT2D eigenvalue weighted by atomic mass is 79.9. The first kappa shape index (κ1) is 18.1. The fraction of sp³-hybridized carbons (Fsp3) is 0.611. The minimum absolute atomic E-state index is 0.195. The number of nitrogens with zero attached hydrogens (tertiary/aromatic N) is 2. The molecule has 1 aromatic carbocycles. The van der Waals surface area contributed by atoms with E-state index < -0.39 is 5.60 Å². The van der Waals surface area contributed by atoms with E-state index in [1.165, 1.54) is 11.3 Å². The van der Waals surface area contributed by atoms with Gasteiger partial charge in [-0.05, 0) is 83.2 Å². The highest BCUT2D eigenvalue weighted by molar-refractivity contribution is 9.13. The van der Waals surface area contributed by atoms with Crippen LogP contribution in [-0.4, -0.2) is 41.8 Å². The second-order valence-corrected chi connectivity index (χ2v) is 9.32. The van der Waals surface area contributed by atoms with Crippen LogP contribution in [0, 0.1) is 0 Å². The SMILES string of the molecule is CCC1CN(C(=O)OC(C)(C)C)CC2Cc3cc(Br)c(Br)cc3N12. The molecule has 24 heavy (non-hydrogen) atoms. The molecule has 1 amide bonds. The van der Waals surface area contributed by atoms with Crippen LogP contribution in [0.25, 0.3) is 0 Å². The van der Waals surface area contributed by atoms with Crippen molar-refractivity contribution in [3.63, 3.8) is 0 Å². The zero-order valence-electron chi connectivity index (χ0n) is 14.6. The summed E-state index contributed by atoms with van der Waals surface area (Å²) in [6.45, 7) is 9.37. The minimum Gasteiger partial charge on any atom is -0.444 e. The highest BCUT2D eigenvalue weighted by Gasteiger charge is 2.41. The standard InChI is InChI=1S/C18H24Br2N2O2/c1-5-12-9-21(17(23)24-18(2,3)4)10-13-6-11-7-14(19)15(20)8-16(11)22(12)13/h7-8,12-13H,5-6,9-10H2,1-4H3. The van der Waals surface area contributed by atoms with E-state index in [4.69, 9.17) is 4.74 Å². The number of hydrogen-bond acceptors (Lipinski definition) is 3. The molecule has 132 valence electrons. The monoisotopic (exact) mass is 458 g/mol. The Bertz CT molecular complexity index is 657. The van der Waals surface area contributed by atoms with Gasteiger partial charge in [0.25, 0.3) is 0 Å². The topological polar surface area (TPSA) is 32.8 Å². The number of piperazine rings is 1. The molecule has 3 rings (SSSR count). The average molecular weight is 460 g/mol. The van der Waals surface area contributed by atoms with E-state index >= 15 is 0 Å². The van der Waals surface area contributed by atoms with Crippen LogP contribution in [0.5, 0.6) is 0 Å². The van der Waals surface area contributed by atoms with Crippen molar-refractivity contribution in [2.75, 3.05) is 18.0 Å². The van der Waals surface area contributed by atoms with Crippen LogP contribution in [-0.2, 0) is 11.2 Å². The molecule has 6 heteroatoms. The Morgan fingerprint density at radius 3 is 2.54 bits per heavy atom. The molecule has 0 aliphatic carbocycles. The number of amides is 1. The Balaban J connectivity index is 1.84. The van der Waals surface area contributed by atoms with Crippen LogP contribution in [0.2, 0.25) is 0 Å². The van der Waals surface area contributed by atoms with E-state index in [0.29, 0.717) is 12.1 Å². The zero-order chi connectivity index (χ0) is 17.6. The van der Waals surface area contributed by atoms with Crippen LogP contribution >= 0.6 is 31.9 Å². The molecule has 0 aromatic heterocycles. The van der Waals surface area contributed by atoms with Gasteiger partial charge in [0.2, 0.25) is 0 Å². The van der Waals surface area contributed by atoms with Crippen LogP contribution in [0.4, 0.5) is 10.5 Å². The number of ether oxygens (including phenoxy) is 1. The van der Waals surface area contributed by atoms with Crippen molar-refractivity contribution in [2.24, 2.45) is 0 Å². The molecular formula is C18H24Br2N2O2. The number of anilines is 1. The molecule has 2 aliphatic rings. The molecule has 0 saturated carbocycles. The van der Waals surface area contributed by atoms with Crippen LogP contribution in [0.3, 0.4) is 0 Å². The van der Waals surface area contributed by atoms with Crippen molar-refractivity contribution in [3.05, 3.63) is 26.6 Å². The van der Waals surface area contributed by atoms with Crippen molar-refractivity contribution in [2.45, 2.75) is 58.2 Å². The van der Waals surface area contributed by atoms with E-state index in [2.05, 4.69) is 55.8 Å². The van der Waals surface area contributed by atoms with Crippen molar-refractivity contribution in [3.8, 4) is 0 Å². The first-order valence-corrected chi connectivity index (χ1v) is 10.0. The van der Waals surface area contributed by atoms with E-state index in [1.807, 2.05) is 25.7 Å². The van der Waals surface area contributed by atoms with Gasteiger partial charge in [-0.3, -0.25) is 0 Å². The zero-order valence-corrected chi connectivity index (χ0v) is 17.8. The first-order chi connectivity index (χ1) is 11.2. The quantitative estimate of drug-likeness (QED) is 0.594. The third-order valence-electron chi connectivity index (χ3n) is 4.63. The van der Waals surface area contributed by atoms with Gasteiger partial charge < -0.3 is 14.5 Å². The van der Waals surface area contributed by atoms with Crippen molar-refractivity contribution in [1.29, 1.82) is 0 Å². The van der Waals surface area contributed by atoms with Gasteiger partial charge in [0.05, 0.1) is 6.04 Å². The van der Waals surface area contributed by atoms with Gasteiger partial charge in [0.15, 0.2) is 0 Å². The molecule has 0 spiro atoms. The Labute approximate surface area is 160 Å². The van der Waals surface area contributed by atoms with Gasteiger partial charge >= 0.3 is 6.09 Å². The van der Waals surface area contributed by atoms with Gasteiger partial charge in [0.1, 0.15) is 5.60 Å². The summed E-state index contributed by atoms with van der Waals surface area (Å²) in [5, 5.41) is 0. The summed E-state index contributed by atoms with van der Waals surface area (Å²) in [7, 11) is 0. The highest BCUT2D eigenvalue weighted by Crippen LogP contribution is 2.41. The van der Waals surface area contributed by atoms with Gasteiger partial charge in [-0.2, -0.15) is 0 Å². The number of hydrogen-bond donors (Lipinski definition) is 0. The van der Waals surface area contributed by atoms with Crippen LogP contribution in [0.1, 0.15) is 39.7 Å². The fourth-order valence-corrected chi connectivity index (χ4v) is 4.37. The maximum Gasteiger partial charge on any atom is 0.410 e. The minimum atomic E-state index is -0.454. The maximum atomic E-state index is 12.5. The van der Waals surface area contributed by atoms with Crippen molar-refractivity contribution >= 4 is 43.6 Å². The lowest BCUT2D eigenvalue weighted by molar-refractivity contribution is 0.0185. The van der Waals surface area contributed by atoms with Crippen LogP contribution < -0.4 is 4.90 Å². The summed E-state index contributed by atoms with van der Waals surface area (Å²) < 4.78 is 7.74. The molecular weight excluding hydrogens is 436 g/mol. The molecule has 2 heterocycles. The molecule has 4 nitrogen and oxygen atoms in total. The maximum absolute atomic E-state index is 12.5. The van der Waals surface area contributed by atoms with Crippen LogP contribution in [0.15, 0.2) is 21.1 Å². The van der Waals surface area contributed by atoms with E-state index in [-0.39, 0.29) is 6.09 Å². The molecule has 0 N–H and O–H groups in total. The Morgan fingerprint density at radius 1 is 1.25 bits per heavy atom. The molecule has 2 atom stereocenters. The van der Waals surface area contributed by atoms with Gasteiger partial charge in [0, 0.05) is 33.8 Å². The summed E-state index contributed by atoms with van der Waals surface area (Å²) in [6.07, 6.45) is 1.78. The average Bonchev–Trinajstić information content (AvgIpc) is 2.82. The number of halogens is 2. The lowest BCUT2D eigenvalue weighted by atomic mass is 10.0. The normalized spacial score (nSPS) is 23.1. The Hall–Kier alpha value is -0.750. The number of fused-ring (bicyclic) bond motifs is 3. The summed E-state index contributed by atoms with van der Waals surface area (Å²) in [5.41, 5.74) is 2.19. The lowest BCUT2D eigenvalue weighted by Gasteiger charge is -2.45. The van der Waals surface area contributed by atoms with Crippen molar-refractivity contribution < 1.29 is 9.53 Å². The molecule has 1 saturated heterocycles. The molecule has 0 radical (unpaired) electrons. The van der Waals surface area contributed by atoms with E-state index in [9.17, 15) is 4.79 Å². The summed E-state index contributed by atoms with van der Waals surface area (Å²) in [6, 6.07) is 5.05. The number of carbonyl (C=O) groups is 1. The predicted octanol–water partition coefficient (Wildman–Crippen LogP) is 4.97. The third kappa shape index (κ3) is 3.45. The lowest BCUT2D eigenvalue weighted by Crippen LogP contribution is -2.59. The van der Waals surface area contributed by atoms with Crippen molar-refractivity contribution in [1.82, 2.24) is 4.90 Å². The van der Waals surface area contributed by atoms with Gasteiger partial charge in [-0.1, -0.05) is 6.92 Å². The van der Waals surface area contributed by atoms with E-state index in [0.717, 1.165) is 34.9 Å². The molecule has 2 aliphatic heterocycles. The molecule has 2 unspecified atom stereocenters. The van der Waals surface area contributed by atoms with Gasteiger partial charge in [-0.25, -0.2) is 4.79 Å². The summed E-state index contributed by atoms with van der Waals surface area (Å²) >= 11 is 7.22. The second-order valence-electron chi connectivity index (χ2n) is 7.61. The Morgan fingerprint density at radius 2 is 1.92 bits per heavy atom. The summed E-state index contributed by atoms with van der Waals surface area (Å²) in [5.74, 6) is 0. The summed E-state index contributed by atoms with van der Waals surface area (Å²) in [4.78, 5) is 16.9. The van der Waals surface area contributed by atoms with Gasteiger partial charge in [-0.15, -0.1) is 0 Å². The number of rotatable bonds is 1.